The third-order valence-corrected chi connectivity index (χ3v) is 2.89. The maximum atomic E-state index is 4.44. The van der Waals surface area contributed by atoms with Gasteiger partial charge in [-0.2, -0.15) is 0 Å². The average molecular weight is 226 g/mol. The summed E-state index contributed by atoms with van der Waals surface area (Å²) in [4.78, 5) is 6.53. The van der Waals surface area contributed by atoms with Gasteiger partial charge in [0.2, 0.25) is 0 Å². The fourth-order valence-electron chi connectivity index (χ4n) is 1.81. The molecule has 0 aliphatic carbocycles. The smallest absolute Gasteiger partial charge is 0.0722 e. The fourth-order valence-corrected chi connectivity index (χ4v) is 1.81. The first-order valence-corrected chi connectivity index (χ1v) is 5.93. The van der Waals surface area contributed by atoms with E-state index < -0.39 is 0 Å². The van der Waals surface area contributed by atoms with E-state index in [1.54, 1.807) is 0 Å². The lowest BCUT2D eigenvalue weighted by atomic mass is 10.1. The molecule has 0 atom stereocenters. The lowest BCUT2D eigenvalue weighted by Gasteiger charge is -2.13. The molecule has 0 spiro atoms. The van der Waals surface area contributed by atoms with E-state index in [9.17, 15) is 0 Å². The highest BCUT2D eigenvalue weighted by Gasteiger charge is 2.02. The van der Waals surface area contributed by atoms with Crippen LogP contribution in [-0.2, 0) is 6.42 Å². The van der Waals surface area contributed by atoms with E-state index in [-0.39, 0.29) is 0 Å². The minimum atomic E-state index is 1.03. The first-order valence-electron chi connectivity index (χ1n) is 5.93. The number of rotatable bonds is 3. The number of benzene rings is 1. The van der Waals surface area contributed by atoms with Crippen LogP contribution in [0.2, 0.25) is 0 Å². The van der Waals surface area contributed by atoms with E-state index in [1.165, 1.54) is 16.8 Å². The maximum Gasteiger partial charge on any atom is 0.0722 e. The molecule has 0 unspecified atom stereocenters. The van der Waals surface area contributed by atoms with E-state index in [2.05, 4.69) is 47.1 Å². The summed E-state index contributed by atoms with van der Waals surface area (Å²) in [6.45, 7) is 2.17. The lowest BCUT2D eigenvalue weighted by Crippen LogP contribution is -2.08. The van der Waals surface area contributed by atoms with Crippen molar-refractivity contribution in [2.75, 3.05) is 19.0 Å². The first kappa shape index (κ1) is 11.6. The van der Waals surface area contributed by atoms with Crippen LogP contribution in [0.4, 0.5) is 5.69 Å². The lowest BCUT2D eigenvalue weighted by molar-refractivity contribution is 1.12. The monoisotopic (exact) mass is 226 g/mol. The van der Waals surface area contributed by atoms with Gasteiger partial charge in [-0.15, -0.1) is 0 Å². The minimum Gasteiger partial charge on any atom is -0.378 e. The molecule has 2 nitrogen and oxygen atoms in total. The van der Waals surface area contributed by atoms with Crippen molar-refractivity contribution in [2.45, 2.75) is 13.3 Å². The number of hydrogen-bond acceptors (Lipinski definition) is 2. The summed E-state index contributed by atoms with van der Waals surface area (Å²) in [5.41, 5.74) is 4.75. The molecule has 2 aromatic rings. The molecule has 0 saturated carbocycles. The Balaban J connectivity index is 2.41. The van der Waals surface area contributed by atoms with Crippen LogP contribution in [0.3, 0.4) is 0 Å². The van der Waals surface area contributed by atoms with Crippen molar-refractivity contribution in [1.29, 1.82) is 0 Å². The Morgan fingerprint density at radius 2 is 1.94 bits per heavy atom. The summed E-state index contributed by atoms with van der Waals surface area (Å²) in [6.07, 6.45) is 2.92. The van der Waals surface area contributed by atoms with Gasteiger partial charge in [0.15, 0.2) is 0 Å². The molecule has 1 heterocycles. The molecular weight excluding hydrogens is 208 g/mol. The van der Waals surface area contributed by atoms with Crippen molar-refractivity contribution < 1.29 is 0 Å². The molecule has 17 heavy (non-hydrogen) atoms. The number of pyridine rings is 1. The third kappa shape index (κ3) is 2.64. The van der Waals surface area contributed by atoms with Gasteiger partial charge < -0.3 is 4.90 Å². The van der Waals surface area contributed by atoms with Crippen molar-refractivity contribution in [2.24, 2.45) is 0 Å². The fraction of sp³-hybridized carbons (Fsp3) is 0.267. The molecule has 1 aromatic carbocycles. The van der Waals surface area contributed by atoms with Crippen LogP contribution in [0.5, 0.6) is 0 Å². The zero-order chi connectivity index (χ0) is 12.3. The molecule has 2 heteroatoms. The van der Waals surface area contributed by atoms with Gasteiger partial charge in [0.25, 0.3) is 0 Å². The quantitative estimate of drug-likeness (QED) is 0.797. The zero-order valence-electron chi connectivity index (χ0n) is 10.6. The van der Waals surface area contributed by atoms with Crippen molar-refractivity contribution in [1.82, 2.24) is 4.98 Å². The molecule has 0 amide bonds. The van der Waals surface area contributed by atoms with Crippen LogP contribution in [0.1, 0.15) is 12.5 Å². The molecule has 2 rings (SSSR count). The van der Waals surface area contributed by atoms with E-state index in [1.807, 2.05) is 26.4 Å². The van der Waals surface area contributed by atoms with Crippen LogP contribution in [0, 0.1) is 0 Å². The largest absolute Gasteiger partial charge is 0.378 e. The SMILES string of the molecule is CCc1cccc(-c2cc(N(C)C)ccn2)c1. The van der Waals surface area contributed by atoms with Crippen molar-refractivity contribution >= 4 is 5.69 Å². The Morgan fingerprint density at radius 3 is 2.65 bits per heavy atom. The highest BCUT2D eigenvalue weighted by atomic mass is 15.1. The summed E-state index contributed by atoms with van der Waals surface area (Å²) in [5, 5.41) is 0. The Kier molecular flexibility index (Phi) is 3.43. The van der Waals surface area contributed by atoms with Crippen molar-refractivity contribution in [3.63, 3.8) is 0 Å². The van der Waals surface area contributed by atoms with Crippen molar-refractivity contribution in [3.8, 4) is 11.3 Å². The molecule has 0 N–H and O–H groups in total. The van der Waals surface area contributed by atoms with Gasteiger partial charge in [-0.1, -0.05) is 25.1 Å². The van der Waals surface area contributed by atoms with Crippen LogP contribution in [-0.4, -0.2) is 19.1 Å². The van der Waals surface area contributed by atoms with E-state index >= 15 is 0 Å². The average Bonchev–Trinajstić information content (AvgIpc) is 2.39. The van der Waals surface area contributed by atoms with Crippen LogP contribution in [0.25, 0.3) is 11.3 Å². The number of hydrogen-bond donors (Lipinski definition) is 0. The Labute approximate surface area is 103 Å². The van der Waals surface area contributed by atoms with Gasteiger partial charge in [-0.25, -0.2) is 0 Å². The van der Waals surface area contributed by atoms with E-state index in [4.69, 9.17) is 0 Å². The van der Waals surface area contributed by atoms with Gasteiger partial charge >= 0.3 is 0 Å². The van der Waals surface area contributed by atoms with E-state index in [0.29, 0.717) is 0 Å². The van der Waals surface area contributed by atoms with Gasteiger partial charge in [0, 0.05) is 31.5 Å². The van der Waals surface area contributed by atoms with E-state index in [0.717, 1.165) is 12.1 Å². The maximum absolute atomic E-state index is 4.44. The number of anilines is 1. The van der Waals surface area contributed by atoms with Crippen LogP contribution < -0.4 is 4.90 Å². The Morgan fingerprint density at radius 1 is 1.12 bits per heavy atom. The molecular formula is C15H18N2. The third-order valence-electron chi connectivity index (χ3n) is 2.89. The summed E-state index contributed by atoms with van der Waals surface area (Å²) >= 11 is 0. The molecule has 0 saturated heterocycles. The number of aromatic nitrogens is 1. The van der Waals surface area contributed by atoms with Gasteiger partial charge in [0.05, 0.1) is 5.69 Å². The molecule has 0 fully saturated rings. The number of nitrogens with zero attached hydrogens (tertiary/aromatic N) is 2. The minimum absolute atomic E-state index is 1.03. The topological polar surface area (TPSA) is 16.1 Å². The van der Waals surface area contributed by atoms with Gasteiger partial charge in [-0.3, -0.25) is 4.98 Å². The van der Waals surface area contributed by atoms with Gasteiger partial charge in [0.1, 0.15) is 0 Å². The second kappa shape index (κ2) is 5.00. The van der Waals surface area contributed by atoms with Gasteiger partial charge in [-0.05, 0) is 30.2 Å². The Bertz CT molecular complexity index is 504. The second-order valence-corrected chi connectivity index (χ2v) is 4.35. The molecule has 0 aliphatic rings. The van der Waals surface area contributed by atoms with Crippen LogP contribution >= 0.6 is 0 Å². The first-order chi connectivity index (χ1) is 8.20. The highest BCUT2D eigenvalue weighted by Crippen LogP contribution is 2.22. The van der Waals surface area contributed by atoms with Crippen molar-refractivity contribution in [3.05, 3.63) is 48.2 Å². The number of aryl methyl sites for hydroxylation is 1. The molecule has 1 aromatic heterocycles. The predicted molar refractivity (Wildman–Crippen MR) is 73.4 cm³/mol. The highest BCUT2D eigenvalue weighted by molar-refractivity contribution is 5.64. The summed E-state index contributed by atoms with van der Waals surface area (Å²) in [7, 11) is 4.09. The molecule has 0 radical (unpaired) electrons. The Hall–Kier alpha value is -1.83. The molecule has 0 bridgehead atoms. The predicted octanol–water partition coefficient (Wildman–Crippen LogP) is 3.38. The molecule has 0 aliphatic heterocycles. The summed E-state index contributed by atoms with van der Waals surface area (Å²) in [6, 6.07) is 12.7. The standard InChI is InChI=1S/C15H18N2/c1-4-12-6-5-7-13(10-12)15-11-14(17(2)3)8-9-16-15/h5-11H,4H2,1-3H3. The normalized spacial score (nSPS) is 10.3. The second-order valence-electron chi connectivity index (χ2n) is 4.35. The van der Waals surface area contributed by atoms with Crippen LogP contribution in [0.15, 0.2) is 42.6 Å². The zero-order valence-corrected chi connectivity index (χ0v) is 10.6. The summed E-state index contributed by atoms with van der Waals surface area (Å²) < 4.78 is 0. The summed E-state index contributed by atoms with van der Waals surface area (Å²) in [5.74, 6) is 0. The molecule has 88 valence electrons.